The lowest BCUT2D eigenvalue weighted by molar-refractivity contribution is 0.0912. The van der Waals surface area contributed by atoms with Gasteiger partial charge in [0, 0.05) is 21.2 Å². The van der Waals surface area contributed by atoms with Crippen molar-refractivity contribution in [3.05, 3.63) is 46.6 Å². The highest BCUT2D eigenvalue weighted by atomic mass is 32.2. The van der Waals surface area contributed by atoms with Crippen LogP contribution in [0.1, 0.15) is 53.4 Å². The molecule has 2 aliphatic rings. The van der Waals surface area contributed by atoms with Crippen molar-refractivity contribution in [1.29, 1.82) is 0 Å². The van der Waals surface area contributed by atoms with Gasteiger partial charge in [0.05, 0.1) is 5.56 Å². The Morgan fingerprint density at radius 3 is 2.80 bits per heavy atom. The molecule has 1 aromatic carbocycles. The van der Waals surface area contributed by atoms with Gasteiger partial charge in [-0.25, -0.2) is 9.97 Å². The van der Waals surface area contributed by atoms with Gasteiger partial charge in [0.1, 0.15) is 16.2 Å². The number of hydrogen-bond donors (Lipinski definition) is 1. The molecule has 0 spiro atoms. The highest BCUT2D eigenvalue weighted by molar-refractivity contribution is 7.99. The van der Waals surface area contributed by atoms with Crippen LogP contribution in [0.4, 0.5) is 0 Å². The molecule has 4 nitrogen and oxygen atoms in total. The predicted octanol–water partition coefficient (Wildman–Crippen LogP) is 6.01. The van der Waals surface area contributed by atoms with Crippen LogP contribution in [0.5, 0.6) is 0 Å². The minimum Gasteiger partial charge on any atom is -0.349 e. The SMILES string of the molecule is Cc1sc2ncnc(Sc3ccccc3C(=O)N[C@H](C)[C@H]3C[C@H]4CC[C@H]3C4)c2c1C. The van der Waals surface area contributed by atoms with Crippen molar-refractivity contribution in [3.63, 3.8) is 0 Å². The second-order valence-corrected chi connectivity index (χ2v) is 11.1. The number of rotatable bonds is 5. The standard InChI is InChI=1S/C24H27N3OS2/c1-13-15(3)29-23-21(13)24(26-12-25-23)30-20-7-5-4-6-18(20)22(28)27-14(2)19-11-16-8-9-17(19)10-16/h4-7,12,14,16-17,19H,8-11H2,1-3H3,(H,27,28)/t14-,16+,17+,19-/m1/s1. The highest BCUT2D eigenvalue weighted by Gasteiger charge is 2.42. The summed E-state index contributed by atoms with van der Waals surface area (Å²) in [5.41, 5.74) is 1.96. The number of carbonyl (C=O) groups is 1. The lowest BCUT2D eigenvalue weighted by Crippen LogP contribution is -2.40. The fourth-order valence-corrected chi connectivity index (χ4v) is 7.51. The zero-order chi connectivity index (χ0) is 20.8. The highest BCUT2D eigenvalue weighted by Crippen LogP contribution is 2.49. The molecule has 2 aliphatic carbocycles. The van der Waals surface area contributed by atoms with E-state index >= 15 is 0 Å². The summed E-state index contributed by atoms with van der Waals surface area (Å²) in [6.45, 7) is 6.43. The number of carbonyl (C=O) groups excluding carboxylic acids is 1. The minimum absolute atomic E-state index is 0.0249. The molecule has 3 aromatic rings. The van der Waals surface area contributed by atoms with Crippen LogP contribution >= 0.6 is 23.1 Å². The van der Waals surface area contributed by atoms with Crippen molar-refractivity contribution < 1.29 is 4.79 Å². The van der Waals surface area contributed by atoms with Crippen molar-refractivity contribution in [2.24, 2.45) is 17.8 Å². The van der Waals surface area contributed by atoms with E-state index in [-0.39, 0.29) is 11.9 Å². The average Bonchev–Trinajstić information content (AvgIpc) is 3.44. The molecule has 156 valence electrons. The fourth-order valence-electron chi connectivity index (χ4n) is 5.37. The van der Waals surface area contributed by atoms with Crippen LogP contribution in [-0.2, 0) is 0 Å². The van der Waals surface area contributed by atoms with Gasteiger partial charge in [0.25, 0.3) is 5.91 Å². The van der Waals surface area contributed by atoms with E-state index in [0.717, 1.165) is 37.5 Å². The van der Waals surface area contributed by atoms with Gasteiger partial charge in [-0.05, 0) is 75.5 Å². The molecule has 0 radical (unpaired) electrons. The van der Waals surface area contributed by atoms with Gasteiger partial charge >= 0.3 is 0 Å². The maximum Gasteiger partial charge on any atom is 0.252 e. The molecule has 2 heterocycles. The summed E-state index contributed by atoms with van der Waals surface area (Å²) in [7, 11) is 0. The lowest BCUT2D eigenvalue weighted by Gasteiger charge is -2.28. The number of nitrogens with zero attached hydrogens (tertiary/aromatic N) is 2. The Hall–Kier alpha value is -1.92. The van der Waals surface area contributed by atoms with E-state index in [2.05, 4.69) is 36.1 Å². The first-order valence-electron chi connectivity index (χ1n) is 10.8. The Morgan fingerprint density at radius 2 is 2.03 bits per heavy atom. The molecule has 1 N–H and O–H groups in total. The molecule has 0 aliphatic heterocycles. The number of nitrogens with one attached hydrogen (secondary N) is 1. The van der Waals surface area contributed by atoms with Crippen LogP contribution in [0.2, 0.25) is 0 Å². The summed E-state index contributed by atoms with van der Waals surface area (Å²) in [4.78, 5) is 25.4. The summed E-state index contributed by atoms with van der Waals surface area (Å²) in [5.74, 6) is 2.34. The van der Waals surface area contributed by atoms with E-state index in [1.54, 1.807) is 29.4 Å². The third-order valence-electron chi connectivity index (χ3n) is 7.06. The maximum atomic E-state index is 13.2. The van der Waals surface area contributed by atoms with E-state index in [4.69, 9.17) is 0 Å². The second-order valence-electron chi connectivity index (χ2n) is 8.84. The molecule has 2 aromatic heterocycles. The summed E-state index contributed by atoms with van der Waals surface area (Å²) >= 11 is 3.26. The number of benzene rings is 1. The lowest BCUT2D eigenvalue weighted by atomic mass is 9.84. The minimum atomic E-state index is 0.0249. The summed E-state index contributed by atoms with van der Waals surface area (Å²) in [5, 5.41) is 5.35. The zero-order valence-electron chi connectivity index (χ0n) is 17.6. The normalized spacial score (nSPS) is 23.8. The van der Waals surface area contributed by atoms with E-state index in [1.807, 2.05) is 24.3 Å². The molecule has 2 fully saturated rings. The first kappa shape index (κ1) is 20.0. The number of aromatic nitrogens is 2. The van der Waals surface area contributed by atoms with Gasteiger partial charge in [-0.3, -0.25) is 4.79 Å². The molecule has 2 bridgehead atoms. The van der Waals surface area contributed by atoms with E-state index < -0.39 is 0 Å². The Kier molecular flexibility index (Phi) is 5.31. The second kappa shape index (κ2) is 7.97. The summed E-state index contributed by atoms with van der Waals surface area (Å²) < 4.78 is 0. The number of aryl methyl sites for hydroxylation is 2. The van der Waals surface area contributed by atoms with Crippen LogP contribution in [0, 0.1) is 31.6 Å². The fraction of sp³-hybridized carbons (Fsp3) is 0.458. The molecule has 6 heteroatoms. The predicted molar refractivity (Wildman–Crippen MR) is 123 cm³/mol. The van der Waals surface area contributed by atoms with Crippen LogP contribution in [0.25, 0.3) is 10.2 Å². The monoisotopic (exact) mass is 437 g/mol. The first-order chi connectivity index (χ1) is 14.5. The number of thiophene rings is 1. The topological polar surface area (TPSA) is 54.9 Å². The Bertz CT molecular complexity index is 1110. The van der Waals surface area contributed by atoms with Gasteiger partial charge < -0.3 is 5.32 Å². The van der Waals surface area contributed by atoms with Crippen molar-refractivity contribution in [2.75, 3.05) is 0 Å². The number of amides is 1. The third-order valence-corrected chi connectivity index (χ3v) is 9.26. The molecule has 0 saturated heterocycles. The third kappa shape index (κ3) is 3.54. The molecule has 2 saturated carbocycles. The van der Waals surface area contributed by atoms with E-state index in [1.165, 1.54) is 36.1 Å². The van der Waals surface area contributed by atoms with Crippen LogP contribution < -0.4 is 5.32 Å². The molecular weight excluding hydrogens is 410 g/mol. The van der Waals surface area contributed by atoms with Gasteiger partial charge in [0.2, 0.25) is 0 Å². The summed E-state index contributed by atoms with van der Waals surface area (Å²) in [6.07, 6.45) is 6.99. The van der Waals surface area contributed by atoms with Gasteiger partial charge in [-0.2, -0.15) is 0 Å². The Labute approximate surface area is 185 Å². The van der Waals surface area contributed by atoms with Crippen molar-refractivity contribution in [2.45, 2.75) is 62.4 Å². The average molecular weight is 438 g/mol. The number of fused-ring (bicyclic) bond motifs is 3. The summed E-state index contributed by atoms with van der Waals surface area (Å²) in [6, 6.07) is 8.09. The molecule has 30 heavy (non-hydrogen) atoms. The van der Waals surface area contributed by atoms with Crippen molar-refractivity contribution >= 4 is 39.2 Å². The van der Waals surface area contributed by atoms with Crippen molar-refractivity contribution in [3.8, 4) is 0 Å². The molecule has 0 unspecified atom stereocenters. The van der Waals surface area contributed by atoms with Crippen LogP contribution in [0.15, 0.2) is 40.5 Å². The molecule has 5 rings (SSSR count). The smallest absolute Gasteiger partial charge is 0.252 e. The van der Waals surface area contributed by atoms with E-state index in [0.29, 0.717) is 5.92 Å². The Morgan fingerprint density at radius 1 is 1.20 bits per heavy atom. The van der Waals surface area contributed by atoms with Gasteiger partial charge in [-0.1, -0.05) is 30.3 Å². The van der Waals surface area contributed by atoms with Crippen LogP contribution in [-0.4, -0.2) is 21.9 Å². The largest absolute Gasteiger partial charge is 0.349 e. The van der Waals surface area contributed by atoms with E-state index in [9.17, 15) is 4.79 Å². The quantitative estimate of drug-likeness (QED) is 0.496. The molecule has 1 amide bonds. The van der Waals surface area contributed by atoms with Crippen molar-refractivity contribution in [1.82, 2.24) is 15.3 Å². The number of hydrogen-bond acceptors (Lipinski definition) is 5. The zero-order valence-corrected chi connectivity index (χ0v) is 19.3. The maximum absolute atomic E-state index is 13.2. The molecule has 4 atom stereocenters. The van der Waals surface area contributed by atoms with Crippen LogP contribution in [0.3, 0.4) is 0 Å². The molecular formula is C24H27N3OS2. The Balaban J connectivity index is 1.39. The van der Waals surface area contributed by atoms with Gasteiger partial charge in [-0.15, -0.1) is 11.3 Å². The first-order valence-corrected chi connectivity index (χ1v) is 12.4. The van der Waals surface area contributed by atoms with Gasteiger partial charge in [0.15, 0.2) is 0 Å².